The van der Waals surface area contributed by atoms with Gasteiger partial charge in [0.05, 0.1) is 13.2 Å². The highest BCUT2D eigenvalue weighted by Gasteiger charge is 2.21. The van der Waals surface area contributed by atoms with Crippen LogP contribution in [0.3, 0.4) is 0 Å². The molecule has 22 heavy (non-hydrogen) atoms. The van der Waals surface area contributed by atoms with Crippen LogP contribution in [-0.2, 0) is 20.9 Å². The molecule has 0 aliphatic heterocycles. The predicted molar refractivity (Wildman–Crippen MR) is 93.1 cm³/mol. The molecule has 0 radical (unpaired) electrons. The van der Waals surface area contributed by atoms with Crippen molar-refractivity contribution < 1.29 is 18.0 Å². The first-order valence-corrected chi connectivity index (χ1v) is 10.1. The Morgan fingerprint density at radius 3 is 2.50 bits per heavy atom. The highest BCUT2D eigenvalue weighted by molar-refractivity contribution is 9.10. The van der Waals surface area contributed by atoms with Gasteiger partial charge in [-0.3, -0.25) is 9.05 Å². The van der Waals surface area contributed by atoms with E-state index in [-0.39, 0.29) is 0 Å². The molecule has 8 heteroatoms. The minimum atomic E-state index is -2.85. The number of hydrogen-bond donors (Lipinski definition) is 0. The Hall–Kier alpha value is -0.720. The van der Waals surface area contributed by atoms with Gasteiger partial charge in [0.15, 0.2) is 0 Å². The molecule has 0 unspecified atom stereocenters. The van der Waals surface area contributed by atoms with Crippen LogP contribution in [0.1, 0.15) is 19.4 Å². The Morgan fingerprint density at radius 2 is 1.91 bits per heavy atom. The number of aryl methyl sites for hydroxylation is 1. The van der Waals surface area contributed by atoms with Crippen LogP contribution >= 0.6 is 22.6 Å². The molecule has 0 spiro atoms. The second-order valence-electron chi connectivity index (χ2n) is 4.36. The Kier molecular flexibility index (Phi) is 5.80. The molecule has 2 aromatic rings. The fourth-order valence-corrected chi connectivity index (χ4v) is 4.27. The molecule has 1 heterocycles. The standard InChI is InChI=1S/C14H16BrO5PS/c1-4-17-21(22,18-5-2)20-10-6-7-11-9(3)13(15)14(16)19-12(11)8-10/h6-8H,4-5H2,1-3H3. The molecule has 0 atom stereocenters. The van der Waals surface area contributed by atoms with Crippen LogP contribution < -0.4 is 10.1 Å². The summed E-state index contributed by atoms with van der Waals surface area (Å²) in [6, 6.07) is 5.18. The van der Waals surface area contributed by atoms with Crippen LogP contribution in [0.4, 0.5) is 0 Å². The Morgan fingerprint density at radius 1 is 1.27 bits per heavy atom. The summed E-state index contributed by atoms with van der Waals surface area (Å²) in [6.45, 7) is 3.43. The van der Waals surface area contributed by atoms with E-state index < -0.39 is 12.3 Å². The van der Waals surface area contributed by atoms with Gasteiger partial charge in [0, 0.05) is 23.3 Å². The maximum atomic E-state index is 11.7. The molecule has 2 rings (SSSR count). The summed E-state index contributed by atoms with van der Waals surface area (Å²) in [5.74, 6) is 0.447. The van der Waals surface area contributed by atoms with Crippen LogP contribution in [0, 0.1) is 6.92 Å². The Bertz CT molecular complexity index is 779. The van der Waals surface area contributed by atoms with Gasteiger partial charge in [0.1, 0.15) is 15.8 Å². The van der Waals surface area contributed by atoms with Crippen molar-refractivity contribution in [2.45, 2.75) is 20.8 Å². The normalized spacial score (nSPS) is 11.8. The van der Waals surface area contributed by atoms with Crippen molar-refractivity contribution in [3.63, 3.8) is 0 Å². The molecule has 0 aliphatic carbocycles. The van der Waals surface area contributed by atoms with Gasteiger partial charge in [-0.2, -0.15) is 0 Å². The van der Waals surface area contributed by atoms with Gasteiger partial charge in [-0.05, 0) is 54.4 Å². The number of fused-ring (bicyclic) bond motifs is 1. The first-order valence-electron chi connectivity index (χ1n) is 6.72. The van der Waals surface area contributed by atoms with Gasteiger partial charge in [0.2, 0.25) is 0 Å². The fraction of sp³-hybridized carbons (Fsp3) is 0.357. The average molecular weight is 407 g/mol. The molecule has 0 aliphatic rings. The lowest BCUT2D eigenvalue weighted by molar-refractivity contribution is 0.218. The van der Waals surface area contributed by atoms with Crippen LogP contribution in [0.15, 0.2) is 31.9 Å². The molecular formula is C14H16BrO5PS. The lowest BCUT2D eigenvalue weighted by Crippen LogP contribution is -2.04. The summed E-state index contributed by atoms with van der Waals surface area (Å²) >= 11 is 8.54. The zero-order chi connectivity index (χ0) is 16.3. The summed E-state index contributed by atoms with van der Waals surface area (Å²) in [5, 5.41) is 0.819. The molecule has 0 amide bonds. The van der Waals surface area contributed by atoms with Crippen molar-refractivity contribution in [3.05, 3.63) is 38.7 Å². The molecule has 0 saturated carbocycles. The fourth-order valence-electron chi connectivity index (χ4n) is 1.90. The van der Waals surface area contributed by atoms with E-state index in [1.807, 2.05) is 26.8 Å². The third-order valence-corrected chi connectivity index (χ3v) is 6.22. The second-order valence-corrected chi connectivity index (χ2v) is 8.09. The lowest BCUT2D eigenvalue weighted by Gasteiger charge is -2.21. The minimum absolute atomic E-state index is 0.395. The van der Waals surface area contributed by atoms with E-state index in [9.17, 15) is 4.79 Å². The zero-order valence-electron chi connectivity index (χ0n) is 12.4. The highest BCUT2D eigenvalue weighted by atomic mass is 79.9. The predicted octanol–water partition coefficient (Wildman–Crippen LogP) is 4.54. The molecule has 0 saturated heterocycles. The average Bonchev–Trinajstić information content (AvgIpc) is 2.45. The molecular weight excluding hydrogens is 391 g/mol. The van der Waals surface area contributed by atoms with Crippen LogP contribution in [0.25, 0.3) is 11.0 Å². The van der Waals surface area contributed by atoms with Crippen molar-refractivity contribution in [1.29, 1.82) is 0 Å². The van der Waals surface area contributed by atoms with Crippen molar-refractivity contribution in [2.75, 3.05) is 13.2 Å². The van der Waals surface area contributed by atoms with E-state index in [0.717, 1.165) is 10.9 Å². The van der Waals surface area contributed by atoms with E-state index >= 15 is 0 Å². The van der Waals surface area contributed by atoms with Crippen molar-refractivity contribution >= 4 is 45.4 Å². The molecule has 0 fully saturated rings. The lowest BCUT2D eigenvalue weighted by atomic mass is 10.1. The summed E-state index contributed by atoms with van der Waals surface area (Å²) in [4.78, 5) is 11.7. The van der Waals surface area contributed by atoms with Crippen LogP contribution in [0.5, 0.6) is 5.75 Å². The topological polar surface area (TPSA) is 57.9 Å². The molecule has 0 bridgehead atoms. The van der Waals surface area contributed by atoms with E-state index in [0.29, 0.717) is 29.0 Å². The van der Waals surface area contributed by atoms with Gasteiger partial charge in [-0.1, -0.05) is 0 Å². The molecule has 5 nitrogen and oxygen atoms in total. The van der Waals surface area contributed by atoms with Gasteiger partial charge < -0.3 is 8.94 Å². The van der Waals surface area contributed by atoms with Gasteiger partial charge >= 0.3 is 12.3 Å². The van der Waals surface area contributed by atoms with Crippen molar-refractivity contribution in [3.8, 4) is 5.75 Å². The maximum Gasteiger partial charge on any atom is 0.380 e. The number of hydrogen-bond acceptors (Lipinski definition) is 6. The van der Waals surface area contributed by atoms with Gasteiger partial charge in [0.25, 0.3) is 0 Å². The third kappa shape index (κ3) is 3.78. The number of rotatable bonds is 6. The van der Waals surface area contributed by atoms with Crippen molar-refractivity contribution in [1.82, 2.24) is 0 Å². The smallest absolute Gasteiger partial charge is 0.380 e. The first kappa shape index (κ1) is 17.6. The van der Waals surface area contributed by atoms with Crippen molar-refractivity contribution in [2.24, 2.45) is 0 Å². The first-order chi connectivity index (χ1) is 10.4. The van der Waals surface area contributed by atoms with Crippen LogP contribution in [-0.4, -0.2) is 13.2 Å². The Labute approximate surface area is 141 Å². The highest BCUT2D eigenvalue weighted by Crippen LogP contribution is 2.50. The SMILES string of the molecule is CCOP(=S)(OCC)Oc1ccc2c(C)c(Br)c(=O)oc2c1. The third-order valence-electron chi connectivity index (χ3n) is 2.86. The monoisotopic (exact) mass is 406 g/mol. The molecule has 1 aromatic carbocycles. The van der Waals surface area contributed by atoms with E-state index in [1.54, 1.807) is 12.1 Å². The van der Waals surface area contributed by atoms with E-state index in [1.165, 1.54) is 0 Å². The van der Waals surface area contributed by atoms with E-state index in [2.05, 4.69) is 15.9 Å². The number of halogens is 1. The maximum absolute atomic E-state index is 11.7. The molecule has 1 aromatic heterocycles. The van der Waals surface area contributed by atoms with Gasteiger partial charge in [-0.25, -0.2) is 4.79 Å². The molecule has 120 valence electrons. The zero-order valence-corrected chi connectivity index (χ0v) is 15.7. The summed E-state index contributed by atoms with van der Waals surface area (Å²) < 4.78 is 22.3. The summed E-state index contributed by atoms with van der Waals surface area (Å²) in [7, 11) is 0. The quantitative estimate of drug-likeness (QED) is 0.518. The summed E-state index contributed by atoms with van der Waals surface area (Å²) in [5.41, 5.74) is 0.806. The largest absolute Gasteiger partial charge is 0.424 e. The van der Waals surface area contributed by atoms with E-state index in [4.69, 9.17) is 29.8 Å². The number of benzene rings is 1. The second kappa shape index (κ2) is 7.23. The minimum Gasteiger partial charge on any atom is -0.424 e. The van der Waals surface area contributed by atoms with Gasteiger partial charge in [-0.15, -0.1) is 0 Å². The summed E-state index contributed by atoms with van der Waals surface area (Å²) in [6.07, 6.45) is 0. The Balaban J connectivity index is 2.43. The molecule has 0 N–H and O–H groups in total. The van der Waals surface area contributed by atoms with Crippen LogP contribution in [0.2, 0.25) is 0 Å².